The fourth-order valence-electron chi connectivity index (χ4n) is 2.90. The summed E-state index contributed by atoms with van der Waals surface area (Å²) in [5.41, 5.74) is 2.76. The van der Waals surface area contributed by atoms with Gasteiger partial charge in [-0.2, -0.15) is 0 Å². The van der Waals surface area contributed by atoms with Crippen LogP contribution in [0.1, 0.15) is 0 Å². The van der Waals surface area contributed by atoms with Crippen molar-refractivity contribution in [1.29, 1.82) is 0 Å². The predicted molar refractivity (Wildman–Crippen MR) is 95.9 cm³/mol. The summed E-state index contributed by atoms with van der Waals surface area (Å²) < 4.78 is 9.47. The van der Waals surface area contributed by atoms with Crippen LogP contribution >= 0.6 is 15.9 Å². The highest BCUT2D eigenvalue weighted by Crippen LogP contribution is 2.29. The number of halogens is 1. The van der Waals surface area contributed by atoms with Crippen molar-refractivity contribution in [3.05, 3.63) is 57.7 Å². The third kappa shape index (κ3) is 2.05. The van der Waals surface area contributed by atoms with E-state index in [1.807, 2.05) is 24.3 Å². The SMILES string of the molecule is COc1ncccc1-n1c(=O)n(C)c2cnc3ccc(Br)cc3c21. The van der Waals surface area contributed by atoms with Crippen molar-refractivity contribution in [3.63, 3.8) is 0 Å². The molecule has 7 heteroatoms. The molecule has 0 aliphatic carbocycles. The summed E-state index contributed by atoms with van der Waals surface area (Å²) in [5.74, 6) is 0.395. The average Bonchev–Trinajstić information content (AvgIpc) is 2.86. The number of aryl methyl sites for hydroxylation is 1. The van der Waals surface area contributed by atoms with Crippen molar-refractivity contribution in [2.75, 3.05) is 7.11 Å². The Kier molecular flexibility index (Phi) is 3.38. The molecule has 0 atom stereocenters. The molecular formula is C17H13BrN4O2. The zero-order valence-electron chi connectivity index (χ0n) is 13.0. The van der Waals surface area contributed by atoms with Crippen LogP contribution in [0.25, 0.3) is 27.6 Å². The quantitative estimate of drug-likeness (QED) is 0.532. The first-order chi connectivity index (χ1) is 11.6. The van der Waals surface area contributed by atoms with Gasteiger partial charge >= 0.3 is 5.69 Å². The van der Waals surface area contributed by atoms with E-state index < -0.39 is 0 Å². The second kappa shape index (κ2) is 5.45. The van der Waals surface area contributed by atoms with Crippen LogP contribution in [0.4, 0.5) is 0 Å². The fraction of sp³-hybridized carbons (Fsp3) is 0.118. The molecule has 3 heterocycles. The number of rotatable bonds is 2. The lowest BCUT2D eigenvalue weighted by Gasteiger charge is -2.09. The molecule has 0 saturated heterocycles. The Balaban J connectivity index is 2.25. The lowest BCUT2D eigenvalue weighted by atomic mass is 10.2. The topological polar surface area (TPSA) is 61.9 Å². The van der Waals surface area contributed by atoms with E-state index in [1.165, 1.54) is 7.11 Å². The summed E-state index contributed by atoms with van der Waals surface area (Å²) in [4.78, 5) is 21.6. The molecule has 24 heavy (non-hydrogen) atoms. The molecule has 0 saturated carbocycles. The van der Waals surface area contributed by atoms with E-state index >= 15 is 0 Å². The molecule has 6 nitrogen and oxygen atoms in total. The molecule has 0 aliphatic heterocycles. The molecule has 0 aliphatic rings. The van der Waals surface area contributed by atoms with E-state index in [1.54, 1.807) is 34.6 Å². The van der Waals surface area contributed by atoms with Crippen LogP contribution in [0.3, 0.4) is 0 Å². The normalized spacial score (nSPS) is 11.3. The number of ether oxygens (including phenoxy) is 1. The highest BCUT2D eigenvalue weighted by molar-refractivity contribution is 9.10. The second-order valence-electron chi connectivity index (χ2n) is 5.36. The van der Waals surface area contributed by atoms with Gasteiger partial charge in [-0.25, -0.2) is 9.78 Å². The van der Waals surface area contributed by atoms with Crippen LogP contribution in [-0.4, -0.2) is 26.2 Å². The van der Waals surface area contributed by atoms with Gasteiger partial charge in [-0.1, -0.05) is 15.9 Å². The fourth-order valence-corrected chi connectivity index (χ4v) is 3.26. The van der Waals surface area contributed by atoms with Crippen LogP contribution in [0.2, 0.25) is 0 Å². The van der Waals surface area contributed by atoms with Gasteiger partial charge in [0.15, 0.2) is 0 Å². The maximum atomic E-state index is 12.9. The molecule has 0 N–H and O–H groups in total. The number of methoxy groups -OCH3 is 1. The molecule has 4 aromatic rings. The number of pyridine rings is 2. The first kappa shape index (κ1) is 14.9. The minimum Gasteiger partial charge on any atom is -0.479 e. The van der Waals surface area contributed by atoms with Gasteiger partial charge in [0.25, 0.3) is 0 Å². The lowest BCUT2D eigenvalue weighted by Crippen LogP contribution is -2.21. The Labute approximate surface area is 145 Å². The molecule has 0 amide bonds. The summed E-state index contributed by atoms with van der Waals surface area (Å²) in [6.07, 6.45) is 3.35. The van der Waals surface area contributed by atoms with Gasteiger partial charge in [0.2, 0.25) is 5.88 Å². The summed E-state index contributed by atoms with van der Waals surface area (Å²) in [7, 11) is 3.27. The third-order valence-electron chi connectivity index (χ3n) is 4.03. The molecule has 0 spiro atoms. The van der Waals surface area contributed by atoms with E-state index in [0.29, 0.717) is 11.6 Å². The molecule has 4 rings (SSSR count). The Morgan fingerprint density at radius 2 is 2.04 bits per heavy atom. The molecule has 0 radical (unpaired) electrons. The number of aromatic nitrogens is 4. The average molecular weight is 385 g/mol. The summed E-state index contributed by atoms with van der Waals surface area (Å²) in [6.45, 7) is 0. The predicted octanol–water partition coefficient (Wildman–Crippen LogP) is 3.04. The van der Waals surface area contributed by atoms with Gasteiger partial charge < -0.3 is 4.74 Å². The van der Waals surface area contributed by atoms with E-state index in [0.717, 1.165) is 26.4 Å². The van der Waals surface area contributed by atoms with Crippen molar-refractivity contribution in [2.24, 2.45) is 7.05 Å². The first-order valence-corrected chi connectivity index (χ1v) is 8.06. The summed E-state index contributed by atoms with van der Waals surface area (Å²) in [6, 6.07) is 9.40. The van der Waals surface area contributed by atoms with Crippen molar-refractivity contribution >= 4 is 37.9 Å². The van der Waals surface area contributed by atoms with Gasteiger partial charge in [0.1, 0.15) is 5.69 Å². The van der Waals surface area contributed by atoms with Gasteiger partial charge in [-0.3, -0.25) is 14.1 Å². The van der Waals surface area contributed by atoms with Crippen LogP contribution in [-0.2, 0) is 7.05 Å². The molecule has 0 bridgehead atoms. The van der Waals surface area contributed by atoms with Gasteiger partial charge in [-0.15, -0.1) is 0 Å². The Bertz CT molecular complexity index is 1150. The second-order valence-corrected chi connectivity index (χ2v) is 6.28. The Morgan fingerprint density at radius 1 is 1.21 bits per heavy atom. The number of fused-ring (bicyclic) bond motifs is 3. The molecule has 3 aromatic heterocycles. The van der Waals surface area contributed by atoms with Crippen molar-refractivity contribution in [3.8, 4) is 11.6 Å². The van der Waals surface area contributed by atoms with Crippen LogP contribution in [0.5, 0.6) is 5.88 Å². The largest absolute Gasteiger partial charge is 0.479 e. The highest BCUT2D eigenvalue weighted by Gasteiger charge is 2.19. The molecule has 120 valence electrons. The smallest absolute Gasteiger partial charge is 0.333 e. The summed E-state index contributed by atoms with van der Waals surface area (Å²) >= 11 is 3.49. The van der Waals surface area contributed by atoms with Crippen molar-refractivity contribution < 1.29 is 4.74 Å². The van der Waals surface area contributed by atoms with Crippen molar-refractivity contribution in [1.82, 2.24) is 19.1 Å². The lowest BCUT2D eigenvalue weighted by molar-refractivity contribution is 0.396. The van der Waals surface area contributed by atoms with E-state index in [9.17, 15) is 4.79 Å². The molecular weight excluding hydrogens is 372 g/mol. The van der Waals surface area contributed by atoms with Gasteiger partial charge in [0, 0.05) is 23.1 Å². The van der Waals surface area contributed by atoms with Crippen LogP contribution in [0, 0.1) is 0 Å². The monoisotopic (exact) mass is 384 g/mol. The van der Waals surface area contributed by atoms with Crippen LogP contribution < -0.4 is 10.4 Å². The van der Waals surface area contributed by atoms with Gasteiger partial charge in [0.05, 0.1) is 29.9 Å². The van der Waals surface area contributed by atoms with E-state index in [2.05, 4.69) is 25.9 Å². The third-order valence-corrected chi connectivity index (χ3v) is 4.52. The minimum atomic E-state index is -0.175. The minimum absolute atomic E-state index is 0.175. The maximum absolute atomic E-state index is 12.9. The number of benzene rings is 1. The highest BCUT2D eigenvalue weighted by atomic mass is 79.9. The zero-order valence-corrected chi connectivity index (χ0v) is 14.6. The van der Waals surface area contributed by atoms with Crippen molar-refractivity contribution in [2.45, 2.75) is 0 Å². The maximum Gasteiger partial charge on any atom is 0.333 e. The number of nitrogens with zero attached hydrogens (tertiary/aromatic N) is 4. The Morgan fingerprint density at radius 3 is 2.83 bits per heavy atom. The van der Waals surface area contributed by atoms with Crippen LogP contribution in [0.15, 0.2) is 52.0 Å². The van der Waals surface area contributed by atoms with E-state index in [4.69, 9.17) is 4.74 Å². The number of hydrogen-bond acceptors (Lipinski definition) is 4. The first-order valence-electron chi connectivity index (χ1n) is 7.27. The van der Waals surface area contributed by atoms with E-state index in [-0.39, 0.29) is 5.69 Å². The molecule has 0 unspecified atom stereocenters. The summed E-state index contributed by atoms with van der Waals surface area (Å²) in [5, 5.41) is 0.880. The number of hydrogen-bond donors (Lipinski definition) is 0. The standard InChI is InChI=1S/C17H13BrN4O2/c1-21-14-9-20-12-6-5-10(18)8-11(12)15(14)22(17(21)23)13-4-3-7-19-16(13)24-2/h3-9H,1-2H3. The van der Waals surface area contributed by atoms with Gasteiger partial charge in [-0.05, 0) is 30.3 Å². The number of imidazole rings is 1. The molecule has 0 fully saturated rings. The molecule has 1 aromatic carbocycles. The zero-order chi connectivity index (χ0) is 16.8. The Hall–Kier alpha value is -2.67.